The Morgan fingerprint density at radius 3 is 3.03 bits per heavy atom. The van der Waals surface area contributed by atoms with Gasteiger partial charge >= 0.3 is 0 Å². The molecule has 0 aliphatic carbocycles. The Kier molecular flexibility index (Phi) is 4.24. The molecule has 0 aromatic carbocycles. The van der Waals surface area contributed by atoms with Crippen molar-refractivity contribution in [3.63, 3.8) is 0 Å². The molecule has 0 fully saturated rings. The molecule has 9 heteroatoms. The first-order chi connectivity index (χ1) is 14.2. The molecular formula is C20H18N6O2S. The topological polar surface area (TPSA) is 87.2 Å². The van der Waals surface area contributed by atoms with Gasteiger partial charge in [0.25, 0.3) is 5.56 Å². The van der Waals surface area contributed by atoms with Gasteiger partial charge in [-0.2, -0.15) is 5.10 Å². The number of fused-ring (bicyclic) bond motifs is 3. The maximum Gasteiger partial charge on any atom is 0.291 e. The van der Waals surface area contributed by atoms with Crippen LogP contribution >= 0.6 is 11.3 Å². The Hall–Kier alpha value is -3.33. The monoisotopic (exact) mass is 406 g/mol. The molecule has 8 nitrogen and oxygen atoms in total. The molecular weight excluding hydrogens is 388 g/mol. The average Bonchev–Trinajstić information content (AvgIpc) is 3.44. The second kappa shape index (κ2) is 6.93. The summed E-state index contributed by atoms with van der Waals surface area (Å²) in [6.45, 7) is 1.03. The lowest BCUT2D eigenvalue weighted by atomic mass is 10.2. The number of pyridine rings is 1. The van der Waals surface area contributed by atoms with Gasteiger partial charge in [-0.3, -0.25) is 9.79 Å². The lowest BCUT2D eigenvalue weighted by molar-refractivity contribution is 0.389. The molecule has 0 radical (unpaired) electrons. The predicted molar refractivity (Wildman–Crippen MR) is 113 cm³/mol. The first-order valence-electron chi connectivity index (χ1n) is 9.17. The normalized spacial score (nSPS) is 13.5. The van der Waals surface area contributed by atoms with Crippen LogP contribution in [0.4, 0.5) is 0 Å². The summed E-state index contributed by atoms with van der Waals surface area (Å²) in [5.74, 6) is 0.490. The molecule has 5 rings (SSSR count). The number of hydrogen-bond donors (Lipinski definition) is 0. The minimum Gasteiger partial charge on any atom is -0.481 e. The van der Waals surface area contributed by atoms with Crippen LogP contribution in [0.15, 0.2) is 46.5 Å². The Balaban J connectivity index is 1.57. The van der Waals surface area contributed by atoms with E-state index in [0.717, 1.165) is 38.6 Å². The molecule has 1 aliphatic rings. The van der Waals surface area contributed by atoms with Crippen LogP contribution in [0.3, 0.4) is 0 Å². The zero-order valence-corrected chi connectivity index (χ0v) is 16.8. The fourth-order valence-corrected chi connectivity index (χ4v) is 4.71. The summed E-state index contributed by atoms with van der Waals surface area (Å²) in [6.07, 6.45) is 8.20. The molecule has 0 amide bonds. The van der Waals surface area contributed by atoms with E-state index in [1.54, 1.807) is 30.8 Å². The minimum atomic E-state index is -0.161. The highest BCUT2D eigenvalue weighted by Gasteiger charge is 2.19. The summed E-state index contributed by atoms with van der Waals surface area (Å²) >= 11 is 1.59. The number of hydrogen-bond acceptors (Lipinski definition) is 7. The first kappa shape index (κ1) is 17.7. The highest BCUT2D eigenvalue weighted by Crippen LogP contribution is 2.31. The van der Waals surface area contributed by atoms with E-state index in [9.17, 15) is 4.79 Å². The fraction of sp³-hybridized carbons (Fsp3) is 0.250. The second-order valence-electron chi connectivity index (χ2n) is 6.77. The maximum atomic E-state index is 13.2. The van der Waals surface area contributed by atoms with E-state index in [1.807, 2.05) is 35.9 Å². The van der Waals surface area contributed by atoms with Crippen LogP contribution in [-0.4, -0.2) is 43.7 Å². The smallest absolute Gasteiger partial charge is 0.291 e. The molecule has 0 saturated carbocycles. The van der Waals surface area contributed by atoms with Gasteiger partial charge in [0.15, 0.2) is 5.65 Å². The molecule has 0 spiro atoms. The second-order valence-corrected chi connectivity index (χ2v) is 7.86. The Labute approximate surface area is 169 Å². The third kappa shape index (κ3) is 2.94. The van der Waals surface area contributed by atoms with Crippen molar-refractivity contribution >= 4 is 38.3 Å². The summed E-state index contributed by atoms with van der Waals surface area (Å²) in [5, 5.41) is 6.22. The van der Waals surface area contributed by atoms with Crippen molar-refractivity contribution in [3.8, 4) is 5.88 Å². The quantitative estimate of drug-likeness (QED) is 0.508. The van der Waals surface area contributed by atoms with Gasteiger partial charge in [0, 0.05) is 36.3 Å². The molecule has 5 heterocycles. The Morgan fingerprint density at radius 1 is 1.34 bits per heavy atom. The van der Waals surface area contributed by atoms with Crippen LogP contribution in [0.2, 0.25) is 0 Å². The van der Waals surface area contributed by atoms with E-state index in [4.69, 9.17) is 9.72 Å². The molecule has 4 aromatic rings. The van der Waals surface area contributed by atoms with Crippen LogP contribution in [0.25, 0.3) is 21.3 Å². The van der Waals surface area contributed by atoms with E-state index in [1.165, 1.54) is 4.68 Å². The summed E-state index contributed by atoms with van der Waals surface area (Å²) in [7, 11) is 3.43. The van der Waals surface area contributed by atoms with Crippen LogP contribution in [0, 0.1) is 0 Å². The molecule has 0 bridgehead atoms. The van der Waals surface area contributed by atoms with Gasteiger partial charge in [0.2, 0.25) is 5.88 Å². The van der Waals surface area contributed by atoms with E-state index < -0.39 is 0 Å². The molecule has 29 heavy (non-hydrogen) atoms. The summed E-state index contributed by atoms with van der Waals surface area (Å²) in [4.78, 5) is 26.5. The summed E-state index contributed by atoms with van der Waals surface area (Å²) in [6, 6.07) is 3.69. The van der Waals surface area contributed by atoms with Crippen molar-refractivity contribution in [1.29, 1.82) is 0 Å². The van der Waals surface area contributed by atoms with E-state index in [0.29, 0.717) is 17.8 Å². The van der Waals surface area contributed by atoms with Crippen LogP contribution in [0.5, 0.6) is 5.88 Å². The molecule has 0 saturated heterocycles. The van der Waals surface area contributed by atoms with Gasteiger partial charge < -0.3 is 9.30 Å². The Morgan fingerprint density at radius 2 is 2.24 bits per heavy atom. The van der Waals surface area contributed by atoms with Gasteiger partial charge in [-0.25, -0.2) is 14.6 Å². The third-order valence-corrected chi connectivity index (χ3v) is 6.05. The molecule has 146 valence electrons. The Bertz CT molecular complexity index is 1360. The largest absolute Gasteiger partial charge is 0.481 e. The SMILES string of the molecule is COc1ncccc1Cn1ncc2c3sc(CC4=NCC=C4)nc3n(C)c2c1=O. The summed E-state index contributed by atoms with van der Waals surface area (Å²) < 4.78 is 9.57. The molecule has 0 atom stereocenters. The highest BCUT2D eigenvalue weighted by atomic mass is 32.1. The number of aliphatic imine (C=N–C) groups is 1. The van der Waals surface area contributed by atoms with Crippen molar-refractivity contribution in [3.05, 3.63) is 57.6 Å². The van der Waals surface area contributed by atoms with Crippen LogP contribution in [-0.2, 0) is 20.0 Å². The lowest BCUT2D eigenvalue weighted by Crippen LogP contribution is -2.24. The summed E-state index contributed by atoms with van der Waals surface area (Å²) in [5.41, 5.74) is 3.08. The van der Waals surface area contributed by atoms with Gasteiger partial charge in [-0.15, -0.1) is 11.3 Å². The van der Waals surface area contributed by atoms with Crippen LogP contribution < -0.4 is 10.3 Å². The third-order valence-electron chi connectivity index (χ3n) is 4.98. The number of aryl methyl sites for hydroxylation is 1. The van der Waals surface area contributed by atoms with Crippen molar-refractivity contribution in [2.45, 2.75) is 13.0 Å². The highest BCUT2D eigenvalue weighted by molar-refractivity contribution is 7.19. The van der Waals surface area contributed by atoms with E-state index in [-0.39, 0.29) is 12.1 Å². The van der Waals surface area contributed by atoms with Crippen molar-refractivity contribution in [1.82, 2.24) is 24.3 Å². The number of rotatable bonds is 5. The number of nitrogens with zero attached hydrogens (tertiary/aromatic N) is 6. The standard InChI is InChI=1S/C20H18N6O2S/c1-25-16-14(17-18(25)24-15(29-17)9-13-6-4-7-21-13)10-23-26(20(16)27)11-12-5-3-8-22-19(12)28-2/h3-6,8,10H,7,9,11H2,1-2H3. The number of aromatic nitrogens is 5. The predicted octanol–water partition coefficient (Wildman–Crippen LogP) is 2.35. The van der Waals surface area contributed by atoms with Gasteiger partial charge in [0.05, 0.1) is 31.1 Å². The van der Waals surface area contributed by atoms with E-state index in [2.05, 4.69) is 15.1 Å². The molecule has 0 N–H and O–H groups in total. The zero-order valence-electron chi connectivity index (χ0n) is 16.0. The number of methoxy groups -OCH3 is 1. The molecule has 0 unspecified atom stereocenters. The van der Waals surface area contributed by atoms with E-state index >= 15 is 0 Å². The van der Waals surface area contributed by atoms with Crippen LogP contribution in [0.1, 0.15) is 10.6 Å². The minimum absolute atomic E-state index is 0.161. The van der Waals surface area contributed by atoms with Gasteiger partial charge in [0.1, 0.15) is 10.5 Å². The lowest BCUT2D eigenvalue weighted by Gasteiger charge is -2.08. The van der Waals surface area contributed by atoms with Crippen molar-refractivity contribution in [2.75, 3.05) is 13.7 Å². The van der Waals surface area contributed by atoms with Crippen molar-refractivity contribution < 1.29 is 4.74 Å². The number of ether oxygens (including phenoxy) is 1. The fourth-order valence-electron chi connectivity index (χ4n) is 3.59. The maximum absolute atomic E-state index is 13.2. The first-order valence-corrected chi connectivity index (χ1v) is 9.99. The number of thiazole rings is 1. The average molecular weight is 406 g/mol. The van der Waals surface area contributed by atoms with Gasteiger partial charge in [-0.1, -0.05) is 12.1 Å². The molecule has 4 aromatic heterocycles. The molecule has 1 aliphatic heterocycles. The van der Waals surface area contributed by atoms with Gasteiger partial charge in [-0.05, 0) is 12.1 Å². The number of allylic oxidation sites excluding steroid dienone is 1. The van der Waals surface area contributed by atoms with Crippen molar-refractivity contribution in [2.24, 2.45) is 12.0 Å². The zero-order chi connectivity index (χ0) is 20.0.